The van der Waals surface area contributed by atoms with E-state index in [4.69, 9.17) is 15.2 Å². The van der Waals surface area contributed by atoms with Gasteiger partial charge in [-0.25, -0.2) is 19.6 Å². The minimum atomic E-state index is -0.573. The molecule has 62 heavy (non-hydrogen) atoms. The lowest BCUT2D eigenvalue weighted by atomic mass is 10.2. The summed E-state index contributed by atoms with van der Waals surface area (Å²) in [6, 6.07) is 13.4. The number of nitrogens with two attached hydrogens (primary N) is 1. The maximum Gasteiger partial charge on any atom is 0.332 e. The molecule has 2 N–H and O–H groups in total. The SMILES string of the molecule is CCOC(=O)C(CC)Sc1nc2c(c(=O)n(C)c(=O)n2C)n1Cc1cccc(N)c1.CCOC(=O)C(CC)Sc1nc2c(c(=O)n(C)c(=O)n2C)n1Cc1cccc([N+](=O)[O-])c1. The molecule has 6 rings (SSSR count). The fraction of sp³-hybridized carbons (Fsp3) is 0.400. The van der Waals surface area contributed by atoms with Gasteiger partial charge < -0.3 is 24.3 Å². The number of hydrogen-bond donors (Lipinski definition) is 1. The van der Waals surface area contributed by atoms with E-state index >= 15 is 0 Å². The van der Waals surface area contributed by atoms with E-state index in [1.165, 1.54) is 54.2 Å². The molecule has 0 amide bonds. The summed E-state index contributed by atoms with van der Waals surface area (Å²) in [4.78, 5) is 95.1. The van der Waals surface area contributed by atoms with Crippen LogP contribution in [0.4, 0.5) is 11.4 Å². The van der Waals surface area contributed by atoms with E-state index in [-0.39, 0.29) is 48.2 Å². The molecule has 22 heteroatoms. The quantitative estimate of drug-likeness (QED) is 0.0511. The Labute approximate surface area is 362 Å². The molecule has 4 aromatic heterocycles. The number of nitrogens with zero attached hydrogens (tertiary/aromatic N) is 9. The Bertz CT molecular complexity index is 2910. The number of nitro groups is 1. The Balaban J connectivity index is 0.000000235. The minimum absolute atomic E-state index is 0.0839. The van der Waals surface area contributed by atoms with Crippen LogP contribution in [0.15, 0.2) is 78.0 Å². The number of thioether (sulfide) groups is 2. The number of non-ortho nitro benzene ring substituents is 1. The Morgan fingerprint density at radius 2 is 1.11 bits per heavy atom. The Hall–Kier alpha value is -6.42. The lowest BCUT2D eigenvalue weighted by molar-refractivity contribution is -0.384. The average molecular weight is 893 g/mol. The van der Waals surface area contributed by atoms with Crippen LogP contribution in [-0.4, -0.2) is 77.9 Å². The zero-order chi connectivity index (χ0) is 45.6. The molecule has 0 bridgehead atoms. The monoisotopic (exact) mass is 892 g/mol. The Morgan fingerprint density at radius 3 is 1.50 bits per heavy atom. The highest BCUT2D eigenvalue weighted by molar-refractivity contribution is 8.00. The van der Waals surface area contributed by atoms with Gasteiger partial charge in [0.1, 0.15) is 10.5 Å². The Morgan fingerprint density at radius 1 is 0.694 bits per heavy atom. The second-order valence-corrected chi connectivity index (χ2v) is 16.3. The van der Waals surface area contributed by atoms with Gasteiger partial charge in [-0.2, -0.15) is 0 Å². The first-order valence-electron chi connectivity index (χ1n) is 19.5. The fourth-order valence-corrected chi connectivity index (χ4v) is 8.49. The second kappa shape index (κ2) is 20.0. The molecule has 0 aliphatic carbocycles. The van der Waals surface area contributed by atoms with Gasteiger partial charge in [-0.3, -0.25) is 47.6 Å². The smallest absolute Gasteiger partial charge is 0.332 e. The molecule has 2 atom stereocenters. The van der Waals surface area contributed by atoms with Crippen LogP contribution in [0.25, 0.3) is 22.3 Å². The number of aryl methyl sites for hydroxylation is 2. The molecule has 0 spiro atoms. The molecule has 20 nitrogen and oxygen atoms in total. The van der Waals surface area contributed by atoms with Crippen molar-refractivity contribution in [2.24, 2.45) is 28.2 Å². The van der Waals surface area contributed by atoms with Gasteiger partial charge in [-0.15, -0.1) is 0 Å². The molecule has 0 radical (unpaired) electrons. The van der Waals surface area contributed by atoms with E-state index in [2.05, 4.69) is 9.97 Å². The first-order valence-corrected chi connectivity index (χ1v) is 21.3. The average Bonchev–Trinajstić information content (AvgIpc) is 3.79. The third-order valence-electron chi connectivity index (χ3n) is 9.72. The Kier molecular flexibility index (Phi) is 15.0. The maximum atomic E-state index is 13.0. The van der Waals surface area contributed by atoms with Crippen molar-refractivity contribution in [3.05, 3.63) is 111 Å². The van der Waals surface area contributed by atoms with Crippen LogP contribution in [0.5, 0.6) is 0 Å². The van der Waals surface area contributed by atoms with Crippen molar-refractivity contribution in [3.63, 3.8) is 0 Å². The molecule has 6 aromatic rings. The number of esters is 2. The van der Waals surface area contributed by atoms with Gasteiger partial charge in [0.2, 0.25) is 0 Å². The minimum Gasteiger partial charge on any atom is -0.465 e. The van der Waals surface area contributed by atoms with Gasteiger partial charge >= 0.3 is 23.3 Å². The number of aromatic nitrogens is 8. The lowest BCUT2D eigenvalue weighted by Crippen LogP contribution is -2.37. The number of anilines is 1. The first kappa shape index (κ1) is 46.6. The summed E-state index contributed by atoms with van der Waals surface area (Å²) in [7, 11) is 5.88. The van der Waals surface area contributed by atoms with Crippen molar-refractivity contribution in [2.45, 2.75) is 74.4 Å². The van der Waals surface area contributed by atoms with Gasteiger partial charge in [0.05, 0.1) is 31.2 Å². The van der Waals surface area contributed by atoms with Crippen LogP contribution in [0.1, 0.15) is 51.7 Å². The van der Waals surface area contributed by atoms with E-state index in [0.717, 1.165) is 26.5 Å². The number of benzene rings is 2. The van der Waals surface area contributed by atoms with E-state index in [1.54, 1.807) is 48.2 Å². The second-order valence-electron chi connectivity index (χ2n) is 13.9. The molecule has 4 heterocycles. The summed E-state index contributed by atoms with van der Waals surface area (Å²) in [6.45, 7) is 8.10. The van der Waals surface area contributed by atoms with Crippen molar-refractivity contribution >= 4 is 69.2 Å². The zero-order valence-electron chi connectivity index (χ0n) is 35.5. The lowest BCUT2D eigenvalue weighted by Gasteiger charge is -2.14. The van der Waals surface area contributed by atoms with Crippen molar-refractivity contribution in [2.75, 3.05) is 18.9 Å². The number of ether oxygens (including phenoxy) is 2. The van der Waals surface area contributed by atoms with E-state index in [1.807, 2.05) is 32.0 Å². The highest BCUT2D eigenvalue weighted by Crippen LogP contribution is 2.31. The fourth-order valence-electron chi connectivity index (χ4n) is 6.47. The predicted molar refractivity (Wildman–Crippen MR) is 236 cm³/mol. The van der Waals surface area contributed by atoms with Crippen LogP contribution in [0.2, 0.25) is 0 Å². The van der Waals surface area contributed by atoms with Crippen LogP contribution in [0.3, 0.4) is 0 Å². The molecule has 0 aliphatic heterocycles. The van der Waals surface area contributed by atoms with Crippen LogP contribution in [-0.2, 0) is 60.3 Å². The number of hydrogen-bond acceptors (Lipinski definition) is 15. The van der Waals surface area contributed by atoms with Crippen molar-refractivity contribution < 1.29 is 24.0 Å². The largest absolute Gasteiger partial charge is 0.465 e. The molecule has 0 aliphatic rings. The summed E-state index contributed by atoms with van der Waals surface area (Å²) in [6.07, 6.45) is 0.988. The highest BCUT2D eigenvalue weighted by atomic mass is 32.2. The topological polar surface area (TPSA) is 245 Å². The number of carbonyl (C=O) groups excluding carboxylic acids is 2. The van der Waals surface area contributed by atoms with Gasteiger partial charge in [0.25, 0.3) is 16.8 Å². The molecular weight excluding hydrogens is 845 g/mol. The molecule has 0 saturated carbocycles. The molecule has 0 fully saturated rings. The van der Waals surface area contributed by atoms with Crippen LogP contribution >= 0.6 is 23.5 Å². The van der Waals surface area contributed by atoms with E-state index < -0.39 is 43.9 Å². The number of carbonyl (C=O) groups is 2. The van der Waals surface area contributed by atoms with Gasteiger partial charge in [-0.1, -0.05) is 61.6 Å². The van der Waals surface area contributed by atoms with Gasteiger partial charge in [0.15, 0.2) is 32.6 Å². The van der Waals surface area contributed by atoms with E-state index in [9.17, 15) is 38.9 Å². The molecule has 0 saturated heterocycles. The number of fused-ring (bicyclic) bond motifs is 2. The van der Waals surface area contributed by atoms with Crippen molar-refractivity contribution in [3.8, 4) is 0 Å². The molecule has 330 valence electrons. The first-order chi connectivity index (χ1) is 29.5. The third kappa shape index (κ3) is 9.70. The number of imidazole rings is 2. The zero-order valence-corrected chi connectivity index (χ0v) is 37.2. The molecule has 2 aromatic carbocycles. The summed E-state index contributed by atoms with van der Waals surface area (Å²) in [5, 5.41) is 10.9. The predicted octanol–water partition coefficient (Wildman–Crippen LogP) is 3.32. The number of nitrogen functional groups attached to an aromatic ring is 1. The number of nitro benzene ring substituents is 1. The van der Waals surface area contributed by atoms with Crippen LogP contribution < -0.4 is 28.2 Å². The summed E-state index contributed by atoms with van der Waals surface area (Å²) < 4.78 is 18.2. The van der Waals surface area contributed by atoms with Gasteiger partial charge in [-0.05, 0) is 49.9 Å². The molecule has 2 unspecified atom stereocenters. The summed E-state index contributed by atoms with van der Waals surface area (Å²) in [5.74, 6) is -0.745. The van der Waals surface area contributed by atoms with Crippen molar-refractivity contribution in [1.82, 2.24) is 37.4 Å². The summed E-state index contributed by atoms with van der Waals surface area (Å²) >= 11 is 2.35. The van der Waals surface area contributed by atoms with E-state index in [0.29, 0.717) is 46.5 Å². The van der Waals surface area contributed by atoms with Gasteiger partial charge in [0, 0.05) is 46.0 Å². The maximum absolute atomic E-state index is 13.0. The molecular formula is C40H48N10O10S2. The standard InChI is InChI=1S/C20H23N5O6S.C20H25N5O4S/c1-5-14(18(27)31-6-2)32-19-21-16-15(17(26)23(4)20(28)22(16)3)24(19)11-12-8-7-9-13(10-12)25(29)30;1-5-14(18(27)29-6-2)30-19-22-16-15(17(26)24(4)20(28)23(16)3)25(19)11-12-8-7-9-13(21)10-12/h7-10,14H,5-6,11H2,1-4H3;7-10,14H,5-6,11,21H2,1-4H3. The number of rotatable bonds is 15. The summed E-state index contributed by atoms with van der Waals surface area (Å²) in [5.41, 5.74) is 6.79. The normalized spacial score (nSPS) is 12.2. The third-order valence-corrected chi connectivity index (χ3v) is 12.4. The van der Waals surface area contributed by atoms with Crippen molar-refractivity contribution in [1.29, 1.82) is 0 Å². The van der Waals surface area contributed by atoms with Crippen LogP contribution in [0, 0.1) is 10.1 Å². The highest BCUT2D eigenvalue weighted by Gasteiger charge is 2.28.